The van der Waals surface area contributed by atoms with Gasteiger partial charge in [-0.1, -0.05) is 5.16 Å². The quantitative estimate of drug-likeness (QED) is 0.521. The lowest BCUT2D eigenvalue weighted by molar-refractivity contribution is -0.113. The van der Waals surface area contributed by atoms with Crippen LogP contribution in [-0.4, -0.2) is 19.2 Å². The van der Waals surface area contributed by atoms with Gasteiger partial charge in [0.15, 0.2) is 0 Å². The molecule has 0 aliphatic heterocycles. The van der Waals surface area contributed by atoms with E-state index in [4.69, 9.17) is 0 Å². The Morgan fingerprint density at radius 3 is 3.17 bits per heavy atom. The molecule has 0 spiro atoms. The van der Waals surface area contributed by atoms with Crippen LogP contribution in [0.1, 0.15) is 0 Å². The van der Waals surface area contributed by atoms with Crippen LogP contribution in [0.2, 0.25) is 0 Å². The predicted molar refractivity (Wildman–Crippen MR) is 46.6 cm³/mol. The number of rotatable bonds is 3. The van der Waals surface area contributed by atoms with Gasteiger partial charge in [0.2, 0.25) is 0 Å². The highest BCUT2D eigenvalue weighted by molar-refractivity contribution is 7.13. The lowest BCUT2D eigenvalue weighted by Gasteiger charge is -1.90. The zero-order chi connectivity index (χ0) is 8.81. The highest BCUT2D eigenvalue weighted by Gasteiger charge is 2.00. The van der Waals surface area contributed by atoms with Crippen LogP contribution in [0.5, 0.6) is 0 Å². The molecule has 1 rings (SSSR count). The van der Waals surface area contributed by atoms with E-state index < -0.39 is 5.91 Å². The maximum absolute atomic E-state index is 10.9. The van der Waals surface area contributed by atoms with Gasteiger partial charge in [-0.3, -0.25) is 4.79 Å². The molecule has 12 heavy (non-hydrogen) atoms. The normalized spacial score (nSPS) is 10.1. The summed E-state index contributed by atoms with van der Waals surface area (Å²) >= 11 is 1.39. The van der Waals surface area contributed by atoms with Gasteiger partial charge in [0, 0.05) is 0 Å². The molecule has 0 aliphatic rings. The third-order valence-electron chi connectivity index (χ3n) is 0.995. The zero-order valence-corrected chi connectivity index (χ0v) is 7.25. The lowest BCUT2D eigenvalue weighted by atomic mass is 10.6. The Morgan fingerprint density at radius 2 is 2.58 bits per heavy atom. The molecule has 0 bridgehead atoms. The summed E-state index contributed by atoms with van der Waals surface area (Å²) in [6.07, 6.45) is 1.03. The van der Waals surface area contributed by atoms with Crippen LogP contribution in [0.25, 0.3) is 0 Å². The summed E-state index contributed by atoms with van der Waals surface area (Å²) in [6, 6.07) is 3.58. The summed E-state index contributed by atoms with van der Waals surface area (Å²) < 4.78 is 0. The fraction of sp³-hybridized carbons (Fsp3) is 0.143. The molecule has 0 saturated carbocycles. The van der Waals surface area contributed by atoms with Crippen LogP contribution in [0, 0.1) is 0 Å². The van der Waals surface area contributed by atoms with Crippen molar-refractivity contribution in [3.8, 4) is 0 Å². The highest BCUT2D eigenvalue weighted by atomic mass is 32.1. The molecular formula is C7H7N2O2S. The Labute approximate surface area is 73.8 Å². The first-order valence-electron chi connectivity index (χ1n) is 3.18. The van der Waals surface area contributed by atoms with Gasteiger partial charge in [0.05, 0.1) is 0 Å². The van der Waals surface area contributed by atoms with Gasteiger partial charge in [-0.15, -0.1) is 11.3 Å². The summed E-state index contributed by atoms with van der Waals surface area (Å²) in [5.74, 6) is -0.417. The average molecular weight is 183 g/mol. The summed E-state index contributed by atoms with van der Waals surface area (Å²) in [6.45, 7) is 0. The first-order chi connectivity index (χ1) is 5.83. The van der Waals surface area contributed by atoms with E-state index in [0.717, 1.165) is 6.21 Å². The Hall–Kier alpha value is -1.36. The van der Waals surface area contributed by atoms with Crippen molar-refractivity contribution < 1.29 is 9.63 Å². The molecule has 0 aromatic carbocycles. The standard InChI is InChI=1S/C7H7N2O2S/c1-11-8-5-6(10)9-7-3-2-4-12-7/h2-5H,1H3. The number of amides is 1. The molecule has 1 amide bonds. The molecule has 0 aliphatic carbocycles. The lowest BCUT2D eigenvalue weighted by Crippen LogP contribution is -2.10. The van der Waals surface area contributed by atoms with Gasteiger partial charge in [-0.2, -0.15) is 5.32 Å². The molecule has 5 heteroatoms. The second-order valence-electron chi connectivity index (χ2n) is 1.82. The van der Waals surface area contributed by atoms with Crippen molar-refractivity contribution in [3.63, 3.8) is 0 Å². The largest absolute Gasteiger partial charge is 0.399 e. The van der Waals surface area contributed by atoms with Gasteiger partial charge in [-0.25, -0.2) is 0 Å². The SMILES string of the molecule is CON=CC(=O)[N]c1cccs1. The van der Waals surface area contributed by atoms with E-state index in [1.165, 1.54) is 18.4 Å². The zero-order valence-electron chi connectivity index (χ0n) is 6.43. The molecular weight excluding hydrogens is 176 g/mol. The summed E-state index contributed by atoms with van der Waals surface area (Å²) in [4.78, 5) is 15.2. The van der Waals surface area contributed by atoms with Gasteiger partial charge >= 0.3 is 0 Å². The van der Waals surface area contributed by atoms with Crippen LogP contribution >= 0.6 is 11.3 Å². The molecule has 1 aromatic heterocycles. The first kappa shape index (κ1) is 8.73. The van der Waals surface area contributed by atoms with Gasteiger partial charge in [0.1, 0.15) is 18.3 Å². The van der Waals surface area contributed by atoms with E-state index in [1.807, 2.05) is 11.4 Å². The topological polar surface area (TPSA) is 52.8 Å². The Balaban J connectivity index is 2.42. The summed E-state index contributed by atoms with van der Waals surface area (Å²) in [5, 5.41) is 9.51. The number of carbonyl (C=O) groups excluding carboxylic acids is 1. The number of hydrogen-bond donors (Lipinski definition) is 0. The van der Waals surface area contributed by atoms with Crippen LogP contribution in [0.15, 0.2) is 22.7 Å². The van der Waals surface area contributed by atoms with Crippen molar-refractivity contribution in [2.24, 2.45) is 5.16 Å². The van der Waals surface area contributed by atoms with E-state index in [-0.39, 0.29) is 0 Å². The second kappa shape index (κ2) is 4.50. The molecule has 1 heterocycles. The maximum atomic E-state index is 10.9. The van der Waals surface area contributed by atoms with E-state index >= 15 is 0 Å². The van der Waals surface area contributed by atoms with Gasteiger partial charge < -0.3 is 4.84 Å². The fourth-order valence-electron chi connectivity index (χ4n) is 0.569. The van der Waals surface area contributed by atoms with Crippen molar-refractivity contribution in [3.05, 3.63) is 17.5 Å². The van der Waals surface area contributed by atoms with Crippen LogP contribution < -0.4 is 5.32 Å². The smallest absolute Gasteiger partial charge is 0.292 e. The third kappa shape index (κ3) is 2.71. The number of hydrogen-bond acceptors (Lipinski definition) is 4. The van der Waals surface area contributed by atoms with Gasteiger partial charge in [-0.05, 0) is 17.5 Å². The molecule has 0 atom stereocenters. The van der Waals surface area contributed by atoms with Crippen LogP contribution in [0.3, 0.4) is 0 Å². The second-order valence-corrected chi connectivity index (χ2v) is 2.74. The van der Waals surface area contributed by atoms with Crippen molar-refractivity contribution in [2.45, 2.75) is 0 Å². The van der Waals surface area contributed by atoms with E-state index in [2.05, 4.69) is 15.3 Å². The maximum Gasteiger partial charge on any atom is 0.292 e. The summed E-state index contributed by atoms with van der Waals surface area (Å²) in [5.41, 5.74) is 0. The Morgan fingerprint density at radius 1 is 1.75 bits per heavy atom. The van der Waals surface area contributed by atoms with E-state index in [9.17, 15) is 4.79 Å². The van der Waals surface area contributed by atoms with Crippen LogP contribution in [-0.2, 0) is 9.63 Å². The summed E-state index contributed by atoms with van der Waals surface area (Å²) in [7, 11) is 1.37. The number of oxime groups is 1. The molecule has 4 nitrogen and oxygen atoms in total. The molecule has 1 radical (unpaired) electrons. The predicted octanol–water partition coefficient (Wildman–Crippen LogP) is 1.14. The molecule has 63 valence electrons. The molecule has 0 fully saturated rings. The number of thiophene rings is 1. The minimum atomic E-state index is -0.417. The average Bonchev–Trinajstić information content (AvgIpc) is 2.53. The van der Waals surface area contributed by atoms with E-state index in [1.54, 1.807) is 6.07 Å². The van der Waals surface area contributed by atoms with Crippen molar-refractivity contribution in [2.75, 3.05) is 7.11 Å². The number of carbonyl (C=O) groups is 1. The molecule has 0 unspecified atom stereocenters. The first-order valence-corrected chi connectivity index (χ1v) is 4.06. The Kier molecular flexibility index (Phi) is 3.28. The minimum Gasteiger partial charge on any atom is -0.399 e. The third-order valence-corrected chi connectivity index (χ3v) is 1.76. The molecule has 1 aromatic rings. The van der Waals surface area contributed by atoms with E-state index in [0.29, 0.717) is 5.00 Å². The van der Waals surface area contributed by atoms with Crippen molar-refractivity contribution in [1.29, 1.82) is 0 Å². The Bertz CT molecular complexity index is 269. The molecule has 0 N–H and O–H groups in total. The van der Waals surface area contributed by atoms with Crippen LogP contribution in [0.4, 0.5) is 5.00 Å². The monoisotopic (exact) mass is 183 g/mol. The molecule has 0 saturated heterocycles. The highest BCUT2D eigenvalue weighted by Crippen LogP contribution is 2.14. The van der Waals surface area contributed by atoms with Crippen molar-refractivity contribution in [1.82, 2.24) is 5.32 Å². The number of nitrogens with zero attached hydrogens (tertiary/aromatic N) is 2. The van der Waals surface area contributed by atoms with Crippen molar-refractivity contribution >= 4 is 28.5 Å². The minimum absolute atomic E-state index is 0.417. The fourth-order valence-corrected chi connectivity index (χ4v) is 1.17. The van der Waals surface area contributed by atoms with Gasteiger partial charge in [0.25, 0.3) is 5.91 Å².